The van der Waals surface area contributed by atoms with E-state index in [-0.39, 0.29) is 17.4 Å². The maximum Gasteiger partial charge on any atom is 0.220 e. The van der Waals surface area contributed by atoms with Crippen molar-refractivity contribution in [3.63, 3.8) is 0 Å². The lowest BCUT2D eigenvalue weighted by molar-refractivity contribution is 0.432. The molecular weight excluding hydrogens is 399 g/mol. The molecule has 0 atom stereocenters. The molecule has 0 radical (unpaired) electrons. The Hall–Kier alpha value is -3.94. The highest BCUT2D eigenvalue weighted by molar-refractivity contribution is 6.09. The van der Waals surface area contributed by atoms with Crippen molar-refractivity contribution in [2.45, 2.75) is 19.8 Å². The van der Waals surface area contributed by atoms with Gasteiger partial charge in [-0.25, -0.2) is 4.39 Å². The molecule has 0 aliphatic carbocycles. The predicted molar refractivity (Wildman–Crippen MR) is 113 cm³/mol. The summed E-state index contributed by atoms with van der Waals surface area (Å²) in [5.41, 5.74) is 3.04. The van der Waals surface area contributed by atoms with Crippen LogP contribution in [0.1, 0.15) is 28.5 Å². The molecule has 0 saturated heterocycles. The summed E-state index contributed by atoms with van der Waals surface area (Å²) in [7, 11) is 1.70. The number of halogens is 1. The van der Waals surface area contributed by atoms with Crippen LogP contribution in [0.25, 0.3) is 21.7 Å². The van der Waals surface area contributed by atoms with Crippen molar-refractivity contribution in [3.05, 3.63) is 77.0 Å². The average Bonchev–Trinajstić information content (AvgIpc) is 3.29. The number of hydrogen-bond acceptors (Lipinski definition) is 6. The molecule has 0 bridgehead atoms. The molecule has 2 N–H and O–H groups in total. The van der Waals surface area contributed by atoms with Crippen LogP contribution in [0.2, 0.25) is 0 Å². The topological polar surface area (TPSA) is 97.2 Å². The van der Waals surface area contributed by atoms with E-state index in [1.807, 2.05) is 6.07 Å². The zero-order chi connectivity index (χ0) is 21.7. The van der Waals surface area contributed by atoms with Gasteiger partial charge in [0, 0.05) is 37.1 Å². The van der Waals surface area contributed by atoms with Gasteiger partial charge < -0.3 is 19.2 Å². The van der Waals surface area contributed by atoms with E-state index in [0.717, 1.165) is 22.1 Å². The van der Waals surface area contributed by atoms with Crippen LogP contribution in [0.15, 0.2) is 47.1 Å². The van der Waals surface area contributed by atoms with Crippen LogP contribution in [-0.4, -0.2) is 30.0 Å². The fourth-order valence-corrected chi connectivity index (χ4v) is 3.95. The molecule has 0 aliphatic heterocycles. The Morgan fingerprint density at radius 2 is 1.81 bits per heavy atom. The van der Waals surface area contributed by atoms with Crippen molar-refractivity contribution >= 4 is 21.7 Å². The van der Waals surface area contributed by atoms with Gasteiger partial charge >= 0.3 is 0 Å². The molecule has 3 heterocycles. The first-order chi connectivity index (χ1) is 14.9. The molecule has 0 amide bonds. The minimum absolute atomic E-state index is 0.0467. The quantitative estimate of drug-likeness (QED) is 0.455. The van der Waals surface area contributed by atoms with Crippen molar-refractivity contribution in [2.24, 2.45) is 7.05 Å². The lowest BCUT2D eigenvalue weighted by Crippen LogP contribution is -1.96. The Balaban J connectivity index is 1.72. The molecule has 8 heteroatoms. The van der Waals surface area contributed by atoms with E-state index in [1.54, 1.807) is 43.1 Å². The number of pyridine rings is 1. The summed E-state index contributed by atoms with van der Waals surface area (Å²) in [6.45, 7) is 1.72. The third-order valence-corrected chi connectivity index (χ3v) is 5.42. The van der Waals surface area contributed by atoms with Gasteiger partial charge in [0.2, 0.25) is 17.7 Å². The monoisotopic (exact) mass is 418 g/mol. The Labute approximate surface area is 176 Å². The summed E-state index contributed by atoms with van der Waals surface area (Å²) >= 11 is 0. The van der Waals surface area contributed by atoms with E-state index < -0.39 is 0 Å². The second-order valence-corrected chi connectivity index (χ2v) is 7.61. The van der Waals surface area contributed by atoms with E-state index in [9.17, 15) is 14.6 Å². The van der Waals surface area contributed by atoms with Crippen LogP contribution in [0.4, 0.5) is 4.39 Å². The number of fused-ring (bicyclic) bond motifs is 2. The zero-order valence-corrected chi connectivity index (χ0v) is 16.9. The maximum absolute atomic E-state index is 13.2. The highest BCUT2D eigenvalue weighted by atomic mass is 19.1. The van der Waals surface area contributed by atoms with Crippen LogP contribution in [0, 0.1) is 12.7 Å². The molecule has 0 spiro atoms. The average molecular weight is 418 g/mol. The summed E-state index contributed by atoms with van der Waals surface area (Å²) < 4.78 is 20.4. The normalized spacial score (nSPS) is 11.6. The Kier molecular flexibility index (Phi) is 4.35. The minimum Gasteiger partial charge on any atom is -0.505 e. The zero-order valence-electron chi connectivity index (χ0n) is 16.9. The highest BCUT2D eigenvalue weighted by Gasteiger charge is 2.22. The fraction of sp³-hybridized carbons (Fsp3) is 0.174. The summed E-state index contributed by atoms with van der Waals surface area (Å²) in [4.78, 5) is 4.49. The smallest absolute Gasteiger partial charge is 0.220 e. The van der Waals surface area contributed by atoms with E-state index in [1.165, 1.54) is 12.1 Å². The molecule has 5 rings (SSSR count). The van der Waals surface area contributed by atoms with E-state index in [0.29, 0.717) is 40.9 Å². The van der Waals surface area contributed by atoms with Crippen LogP contribution in [0.3, 0.4) is 0 Å². The second-order valence-electron chi connectivity index (χ2n) is 7.61. The molecular formula is C23H19FN4O3. The van der Waals surface area contributed by atoms with Crippen LogP contribution in [0.5, 0.6) is 11.6 Å². The molecule has 0 fully saturated rings. The fourth-order valence-electron chi connectivity index (χ4n) is 3.95. The lowest BCUT2D eigenvalue weighted by Gasteiger charge is -2.11. The van der Waals surface area contributed by atoms with Crippen molar-refractivity contribution in [1.82, 2.24) is 19.7 Å². The first kappa shape index (κ1) is 19.0. The molecule has 31 heavy (non-hydrogen) atoms. The van der Waals surface area contributed by atoms with Gasteiger partial charge in [0.15, 0.2) is 5.75 Å². The van der Waals surface area contributed by atoms with E-state index >= 15 is 0 Å². The largest absolute Gasteiger partial charge is 0.505 e. The Morgan fingerprint density at radius 1 is 1.03 bits per heavy atom. The number of aryl methyl sites for hydroxylation is 2. The van der Waals surface area contributed by atoms with Gasteiger partial charge in [0.1, 0.15) is 11.3 Å². The summed E-state index contributed by atoms with van der Waals surface area (Å²) in [5.74, 6) is 0.476. The van der Waals surface area contributed by atoms with Crippen LogP contribution < -0.4 is 0 Å². The molecule has 2 aromatic carbocycles. The maximum atomic E-state index is 13.2. The van der Waals surface area contributed by atoms with Gasteiger partial charge in [-0.15, -0.1) is 10.2 Å². The van der Waals surface area contributed by atoms with Crippen molar-refractivity contribution in [3.8, 4) is 11.6 Å². The summed E-state index contributed by atoms with van der Waals surface area (Å²) in [6.07, 6.45) is 4.31. The van der Waals surface area contributed by atoms with E-state index in [2.05, 4.69) is 15.2 Å². The number of phenols is 1. The van der Waals surface area contributed by atoms with Gasteiger partial charge in [0.05, 0.1) is 11.8 Å². The van der Waals surface area contributed by atoms with Gasteiger partial charge in [-0.3, -0.25) is 4.98 Å². The third-order valence-electron chi connectivity index (χ3n) is 5.42. The molecule has 5 aromatic rings. The predicted octanol–water partition coefficient (Wildman–Crippen LogP) is 4.15. The number of aromatic nitrogens is 4. The van der Waals surface area contributed by atoms with Crippen molar-refractivity contribution in [2.75, 3.05) is 0 Å². The molecule has 0 aliphatic rings. The number of rotatable bonds is 4. The van der Waals surface area contributed by atoms with Gasteiger partial charge in [-0.05, 0) is 41.3 Å². The number of hydrogen-bond donors (Lipinski definition) is 2. The Bertz CT molecular complexity index is 1440. The van der Waals surface area contributed by atoms with E-state index in [4.69, 9.17) is 4.42 Å². The SMILES string of the molecule is Cc1nnc(Cc2c3cc(Cc4ccc(F)cc4)cnc3c(O)c3c(O)n(C)cc23)o1. The van der Waals surface area contributed by atoms with Crippen molar-refractivity contribution in [1.29, 1.82) is 0 Å². The van der Waals surface area contributed by atoms with Gasteiger partial charge in [-0.2, -0.15) is 0 Å². The standard InChI is InChI=1S/C23H19FN4O3/c1-12-26-27-19(31-12)9-16-17-8-14(7-13-3-5-15(24)6-4-13)10-25-21(17)22(29)20-18(16)11-28(2)23(20)30/h3-6,8,10-11,29-30H,7,9H2,1-2H3. The van der Waals surface area contributed by atoms with Gasteiger partial charge in [0.25, 0.3) is 0 Å². The first-order valence-corrected chi connectivity index (χ1v) is 9.74. The number of phenolic OH excluding ortho intramolecular Hbond substituents is 1. The van der Waals surface area contributed by atoms with Crippen LogP contribution in [-0.2, 0) is 19.9 Å². The number of benzene rings is 2. The first-order valence-electron chi connectivity index (χ1n) is 9.74. The minimum atomic E-state index is -0.284. The lowest BCUT2D eigenvalue weighted by atomic mass is 9.96. The molecule has 7 nitrogen and oxygen atoms in total. The molecule has 0 unspecified atom stereocenters. The van der Waals surface area contributed by atoms with Crippen LogP contribution >= 0.6 is 0 Å². The summed E-state index contributed by atoms with van der Waals surface area (Å²) in [6, 6.07) is 8.27. The second kappa shape index (κ2) is 7.09. The van der Waals surface area contributed by atoms with Gasteiger partial charge in [-0.1, -0.05) is 12.1 Å². The van der Waals surface area contributed by atoms with Crippen molar-refractivity contribution < 1.29 is 19.0 Å². The number of aromatic hydroxyl groups is 2. The molecule has 0 saturated carbocycles. The Morgan fingerprint density at radius 3 is 2.52 bits per heavy atom. The molecule has 156 valence electrons. The molecule has 3 aromatic heterocycles. The number of nitrogens with zero attached hydrogens (tertiary/aromatic N) is 4. The highest BCUT2D eigenvalue weighted by Crippen LogP contribution is 2.42. The summed E-state index contributed by atoms with van der Waals surface area (Å²) in [5, 5.41) is 31.1. The third kappa shape index (κ3) is 3.26.